The first kappa shape index (κ1) is 9.45. The van der Waals surface area contributed by atoms with Crippen molar-refractivity contribution in [2.24, 2.45) is 0 Å². The Bertz CT molecular complexity index is 332. The van der Waals surface area contributed by atoms with Gasteiger partial charge in [0.05, 0.1) is 7.11 Å². The Labute approximate surface area is 77.1 Å². The molecule has 0 N–H and O–H groups in total. The number of aryl methyl sites for hydroxylation is 1. The average molecular weight is 177 g/mol. The summed E-state index contributed by atoms with van der Waals surface area (Å²) < 4.78 is 4.95. The molecule has 1 heterocycles. The fourth-order valence-corrected chi connectivity index (χ4v) is 0.970. The van der Waals surface area contributed by atoms with Gasteiger partial charge in [0.2, 0.25) is 5.88 Å². The number of aldehydes is 1. The Morgan fingerprint density at radius 3 is 2.85 bits per heavy atom. The van der Waals surface area contributed by atoms with Gasteiger partial charge in [0.1, 0.15) is 6.29 Å². The number of allylic oxidation sites excluding steroid dienone is 1. The molecule has 0 bridgehead atoms. The van der Waals surface area contributed by atoms with Crippen LogP contribution in [0.25, 0.3) is 6.08 Å². The van der Waals surface area contributed by atoms with E-state index in [2.05, 4.69) is 4.98 Å². The maximum atomic E-state index is 10.1. The van der Waals surface area contributed by atoms with E-state index in [1.165, 1.54) is 6.08 Å². The summed E-state index contributed by atoms with van der Waals surface area (Å²) >= 11 is 0. The monoisotopic (exact) mass is 177 g/mol. The highest BCUT2D eigenvalue weighted by Gasteiger charge is 1.97. The third kappa shape index (κ3) is 2.40. The molecule has 0 amide bonds. The second-order valence-corrected chi connectivity index (χ2v) is 2.58. The second-order valence-electron chi connectivity index (χ2n) is 2.58. The first-order valence-corrected chi connectivity index (χ1v) is 3.90. The summed E-state index contributed by atoms with van der Waals surface area (Å²) in [7, 11) is 1.57. The van der Waals surface area contributed by atoms with Crippen LogP contribution < -0.4 is 4.74 Å². The van der Waals surface area contributed by atoms with E-state index in [0.717, 1.165) is 17.4 Å². The molecule has 0 aliphatic carbocycles. The van der Waals surface area contributed by atoms with E-state index in [4.69, 9.17) is 4.74 Å². The molecular formula is C10H11NO2. The SMILES string of the molecule is COc1cc(C)c(C=CC=O)cn1. The standard InChI is InChI=1S/C10H11NO2/c1-8-6-10(13-2)11-7-9(8)4-3-5-12/h3-7H,1-2H3. The Morgan fingerprint density at radius 2 is 2.31 bits per heavy atom. The van der Waals surface area contributed by atoms with E-state index in [-0.39, 0.29) is 0 Å². The quantitative estimate of drug-likeness (QED) is 0.520. The van der Waals surface area contributed by atoms with E-state index in [0.29, 0.717) is 5.88 Å². The highest BCUT2D eigenvalue weighted by atomic mass is 16.5. The summed E-state index contributed by atoms with van der Waals surface area (Å²) in [6.07, 6.45) is 5.57. The minimum Gasteiger partial charge on any atom is -0.481 e. The Morgan fingerprint density at radius 1 is 1.54 bits per heavy atom. The summed E-state index contributed by atoms with van der Waals surface area (Å²) in [4.78, 5) is 14.1. The second kappa shape index (κ2) is 4.40. The zero-order chi connectivity index (χ0) is 9.68. The van der Waals surface area contributed by atoms with Crippen LogP contribution in [-0.2, 0) is 4.79 Å². The van der Waals surface area contributed by atoms with Gasteiger partial charge in [-0.3, -0.25) is 4.79 Å². The summed E-state index contributed by atoms with van der Waals surface area (Å²) in [5, 5.41) is 0. The van der Waals surface area contributed by atoms with Crippen molar-refractivity contribution in [2.75, 3.05) is 7.11 Å². The van der Waals surface area contributed by atoms with Crippen molar-refractivity contribution in [3.63, 3.8) is 0 Å². The number of hydrogen-bond donors (Lipinski definition) is 0. The molecule has 68 valence electrons. The molecule has 1 aromatic rings. The predicted molar refractivity (Wildman–Crippen MR) is 50.6 cm³/mol. The van der Waals surface area contributed by atoms with Crippen LogP contribution in [0.5, 0.6) is 5.88 Å². The van der Waals surface area contributed by atoms with Crippen molar-refractivity contribution < 1.29 is 9.53 Å². The van der Waals surface area contributed by atoms with Crippen molar-refractivity contribution in [3.05, 3.63) is 29.5 Å². The first-order chi connectivity index (χ1) is 6.27. The topological polar surface area (TPSA) is 39.2 Å². The lowest BCUT2D eigenvalue weighted by molar-refractivity contribution is -0.104. The number of carbonyl (C=O) groups is 1. The van der Waals surface area contributed by atoms with E-state index < -0.39 is 0 Å². The molecule has 0 saturated heterocycles. The molecule has 3 heteroatoms. The lowest BCUT2D eigenvalue weighted by atomic mass is 10.1. The van der Waals surface area contributed by atoms with Gasteiger partial charge in [-0.15, -0.1) is 0 Å². The van der Waals surface area contributed by atoms with Gasteiger partial charge in [0, 0.05) is 12.3 Å². The number of methoxy groups -OCH3 is 1. The lowest BCUT2D eigenvalue weighted by Crippen LogP contribution is -1.90. The Kier molecular flexibility index (Phi) is 3.20. The minimum atomic E-state index is 0.584. The van der Waals surface area contributed by atoms with Crippen LogP contribution in [0.4, 0.5) is 0 Å². The Balaban J connectivity index is 2.98. The zero-order valence-electron chi connectivity index (χ0n) is 7.65. The number of rotatable bonds is 3. The van der Waals surface area contributed by atoms with Crippen molar-refractivity contribution in [3.8, 4) is 5.88 Å². The van der Waals surface area contributed by atoms with Crippen LogP contribution in [0, 0.1) is 6.92 Å². The molecule has 13 heavy (non-hydrogen) atoms. The Hall–Kier alpha value is -1.64. The number of nitrogens with zero attached hydrogens (tertiary/aromatic N) is 1. The summed E-state index contributed by atoms with van der Waals surface area (Å²) in [6, 6.07) is 1.82. The minimum absolute atomic E-state index is 0.584. The molecule has 0 saturated carbocycles. The molecule has 0 unspecified atom stereocenters. The van der Waals surface area contributed by atoms with Crippen LogP contribution in [0.2, 0.25) is 0 Å². The maximum Gasteiger partial charge on any atom is 0.213 e. The first-order valence-electron chi connectivity index (χ1n) is 3.90. The van der Waals surface area contributed by atoms with Gasteiger partial charge in [-0.1, -0.05) is 0 Å². The van der Waals surface area contributed by atoms with E-state index in [1.54, 1.807) is 19.4 Å². The number of pyridine rings is 1. The fraction of sp³-hybridized carbons (Fsp3) is 0.200. The third-order valence-corrected chi connectivity index (χ3v) is 1.69. The van der Waals surface area contributed by atoms with Crippen LogP contribution in [0.15, 0.2) is 18.3 Å². The summed E-state index contributed by atoms with van der Waals surface area (Å²) in [5.74, 6) is 0.584. The highest BCUT2D eigenvalue weighted by Crippen LogP contribution is 2.13. The third-order valence-electron chi connectivity index (χ3n) is 1.69. The van der Waals surface area contributed by atoms with Crippen molar-refractivity contribution >= 4 is 12.4 Å². The molecule has 0 aromatic carbocycles. The van der Waals surface area contributed by atoms with Crippen molar-refractivity contribution in [2.45, 2.75) is 6.92 Å². The van der Waals surface area contributed by atoms with E-state index in [9.17, 15) is 4.79 Å². The largest absolute Gasteiger partial charge is 0.481 e. The molecule has 0 aliphatic heterocycles. The normalized spacial score (nSPS) is 10.3. The number of carbonyl (C=O) groups excluding carboxylic acids is 1. The van der Waals surface area contributed by atoms with Crippen molar-refractivity contribution in [1.82, 2.24) is 4.98 Å². The molecular weight excluding hydrogens is 166 g/mol. The maximum absolute atomic E-state index is 10.1. The van der Waals surface area contributed by atoms with Crippen LogP contribution in [0.1, 0.15) is 11.1 Å². The van der Waals surface area contributed by atoms with Gasteiger partial charge in [-0.25, -0.2) is 4.98 Å². The number of hydrogen-bond acceptors (Lipinski definition) is 3. The van der Waals surface area contributed by atoms with Gasteiger partial charge in [-0.05, 0) is 30.2 Å². The van der Waals surface area contributed by atoms with Gasteiger partial charge in [0.25, 0.3) is 0 Å². The van der Waals surface area contributed by atoms with E-state index >= 15 is 0 Å². The van der Waals surface area contributed by atoms with Crippen LogP contribution in [0.3, 0.4) is 0 Å². The molecule has 0 radical (unpaired) electrons. The molecule has 0 spiro atoms. The van der Waals surface area contributed by atoms with Crippen LogP contribution >= 0.6 is 0 Å². The predicted octanol–water partition coefficient (Wildman–Crippen LogP) is 1.61. The molecule has 0 fully saturated rings. The van der Waals surface area contributed by atoms with Gasteiger partial charge in [-0.2, -0.15) is 0 Å². The smallest absolute Gasteiger partial charge is 0.213 e. The fourth-order valence-electron chi connectivity index (χ4n) is 0.970. The summed E-state index contributed by atoms with van der Waals surface area (Å²) in [5.41, 5.74) is 1.96. The van der Waals surface area contributed by atoms with Gasteiger partial charge >= 0.3 is 0 Å². The highest BCUT2D eigenvalue weighted by molar-refractivity contribution is 5.74. The molecule has 1 rings (SSSR count). The summed E-state index contributed by atoms with van der Waals surface area (Å²) in [6.45, 7) is 1.94. The molecule has 0 aliphatic rings. The average Bonchev–Trinajstić information content (AvgIpc) is 2.16. The van der Waals surface area contributed by atoms with Crippen molar-refractivity contribution in [1.29, 1.82) is 0 Å². The molecule has 0 atom stereocenters. The number of aromatic nitrogens is 1. The molecule has 3 nitrogen and oxygen atoms in total. The van der Waals surface area contributed by atoms with Gasteiger partial charge < -0.3 is 4.74 Å². The lowest BCUT2D eigenvalue weighted by Gasteiger charge is -2.02. The zero-order valence-corrected chi connectivity index (χ0v) is 7.65. The van der Waals surface area contributed by atoms with E-state index in [1.807, 2.05) is 13.0 Å². The van der Waals surface area contributed by atoms with Gasteiger partial charge in [0.15, 0.2) is 0 Å². The molecule has 1 aromatic heterocycles. The van der Waals surface area contributed by atoms with Crippen LogP contribution in [-0.4, -0.2) is 18.4 Å². The number of ether oxygens (including phenoxy) is 1.